The molecular formula is C11H17NO3. The van der Waals surface area contributed by atoms with Crippen molar-refractivity contribution < 1.29 is 9.66 Å². The molecule has 0 amide bonds. The van der Waals surface area contributed by atoms with Crippen molar-refractivity contribution in [1.29, 1.82) is 0 Å². The highest BCUT2D eigenvalue weighted by Crippen LogP contribution is 2.58. The van der Waals surface area contributed by atoms with E-state index in [1.807, 2.05) is 0 Å². The zero-order chi connectivity index (χ0) is 10.5. The normalized spacial score (nSPS) is 45.1. The first-order valence-electron chi connectivity index (χ1n) is 6.01. The Bertz CT molecular complexity index is 288. The number of nitrogens with zero attached hydrogens (tertiary/aromatic N) is 1. The summed E-state index contributed by atoms with van der Waals surface area (Å²) in [6.07, 6.45) is 6.70. The molecule has 0 unspecified atom stereocenters. The van der Waals surface area contributed by atoms with Crippen molar-refractivity contribution in [2.45, 2.75) is 50.2 Å². The second kappa shape index (κ2) is 3.17. The van der Waals surface area contributed by atoms with Crippen LogP contribution in [0.5, 0.6) is 0 Å². The molecule has 0 N–H and O–H groups in total. The molecule has 2 aliphatic carbocycles. The molecule has 1 aliphatic heterocycles. The Hall–Kier alpha value is -0.640. The van der Waals surface area contributed by atoms with Gasteiger partial charge in [-0.05, 0) is 18.8 Å². The lowest BCUT2D eigenvalue weighted by Crippen LogP contribution is -2.41. The van der Waals surface area contributed by atoms with Crippen LogP contribution in [0.1, 0.15) is 38.5 Å². The first kappa shape index (κ1) is 9.58. The van der Waals surface area contributed by atoms with E-state index < -0.39 is 5.54 Å². The minimum Gasteiger partial charge on any atom is -0.370 e. The van der Waals surface area contributed by atoms with Crippen molar-refractivity contribution in [1.82, 2.24) is 0 Å². The van der Waals surface area contributed by atoms with Gasteiger partial charge in [0.15, 0.2) is 0 Å². The van der Waals surface area contributed by atoms with Gasteiger partial charge in [0.05, 0.1) is 12.5 Å². The smallest absolute Gasteiger partial charge is 0.253 e. The van der Waals surface area contributed by atoms with Crippen LogP contribution in [0, 0.1) is 22.0 Å². The van der Waals surface area contributed by atoms with Crippen LogP contribution in [0.2, 0.25) is 0 Å². The molecular weight excluding hydrogens is 194 g/mol. The fourth-order valence-electron chi connectivity index (χ4n) is 3.56. The van der Waals surface area contributed by atoms with E-state index in [-0.39, 0.29) is 16.9 Å². The largest absolute Gasteiger partial charge is 0.370 e. The molecule has 3 atom stereocenters. The van der Waals surface area contributed by atoms with Crippen LogP contribution >= 0.6 is 0 Å². The Morgan fingerprint density at radius 3 is 2.60 bits per heavy atom. The third-order valence-electron chi connectivity index (χ3n) is 4.51. The van der Waals surface area contributed by atoms with Crippen molar-refractivity contribution in [2.75, 3.05) is 6.61 Å². The van der Waals surface area contributed by atoms with Crippen LogP contribution in [0.15, 0.2) is 0 Å². The van der Waals surface area contributed by atoms with Gasteiger partial charge in [0.1, 0.15) is 6.10 Å². The molecule has 0 aromatic heterocycles. The first-order valence-corrected chi connectivity index (χ1v) is 6.01. The van der Waals surface area contributed by atoms with E-state index in [2.05, 4.69) is 0 Å². The molecule has 3 fully saturated rings. The quantitative estimate of drug-likeness (QED) is 0.518. The summed E-state index contributed by atoms with van der Waals surface area (Å²) in [7, 11) is 0. The molecule has 3 aliphatic rings. The highest BCUT2D eigenvalue weighted by molar-refractivity contribution is 5.14. The third kappa shape index (κ3) is 1.24. The molecule has 0 aromatic carbocycles. The maximum absolute atomic E-state index is 11.1. The summed E-state index contributed by atoms with van der Waals surface area (Å²) in [5, 5.41) is 11.1. The van der Waals surface area contributed by atoms with E-state index in [4.69, 9.17) is 4.74 Å². The van der Waals surface area contributed by atoms with Gasteiger partial charge in [-0.1, -0.05) is 19.3 Å². The van der Waals surface area contributed by atoms with Crippen molar-refractivity contribution in [2.24, 2.45) is 11.8 Å². The average Bonchev–Trinajstić information content (AvgIpc) is 2.88. The molecule has 4 nitrogen and oxygen atoms in total. The van der Waals surface area contributed by atoms with Gasteiger partial charge < -0.3 is 4.74 Å². The molecule has 15 heavy (non-hydrogen) atoms. The van der Waals surface area contributed by atoms with E-state index >= 15 is 0 Å². The minimum atomic E-state index is -0.665. The maximum Gasteiger partial charge on any atom is 0.253 e. The van der Waals surface area contributed by atoms with Crippen molar-refractivity contribution in [3.8, 4) is 0 Å². The predicted molar refractivity (Wildman–Crippen MR) is 54.1 cm³/mol. The Balaban J connectivity index is 1.77. The van der Waals surface area contributed by atoms with Crippen molar-refractivity contribution in [3.05, 3.63) is 10.1 Å². The highest BCUT2D eigenvalue weighted by Gasteiger charge is 2.76. The highest BCUT2D eigenvalue weighted by atomic mass is 16.6. The summed E-state index contributed by atoms with van der Waals surface area (Å²) in [5.74, 6) is 0.677. The second-order valence-corrected chi connectivity index (χ2v) is 5.30. The molecule has 0 radical (unpaired) electrons. The predicted octanol–water partition coefficient (Wildman–Crippen LogP) is 2.00. The Labute approximate surface area is 89.1 Å². The summed E-state index contributed by atoms with van der Waals surface area (Å²) in [6, 6.07) is 0. The van der Waals surface area contributed by atoms with Crippen LogP contribution in [-0.4, -0.2) is 23.2 Å². The summed E-state index contributed by atoms with van der Waals surface area (Å²) in [4.78, 5) is 11.1. The number of fused-ring (bicyclic) bond motifs is 1. The number of nitro groups is 1. The first-order chi connectivity index (χ1) is 7.25. The van der Waals surface area contributed by atoms with E-state index in [0.717, 1.165) is 19.3 Å². The monoisotopic (exact) mass is 211 g/mol. The van der Waals surface area contributed by atoms with Gasteiger partial charge in [-0.15, -0.1) is 0 Å². The van der Waals surface area contributed by atoms with Gasteiger partial charge in [0.25, 0.3) is 5.54 Å². The van der Waals surface area contributed by atoms with E-state index in [1.165, 1.54) is 19.3 Å². The van der Waals surface area contributed by atoms with E-state index in [9.17, 15) is 10.1 Å². The molecule has 4 heteroatoms. The summed E-state index contributed by atoms with van der Waals surface area (Å²) in [6.45, 7) is 0.627. The molecule has 1 heterocycles. The van der Waals surface area contributed by atoms with E-state index in [0.29, 0.717) is 12.5 Å². The van der Waals surface area contributed by atoms with Crippen molar-refractivity contribution >= 4 is 0 Å². The average molecular weight is 211 g/mol. The van der Waals surface area contributed by atoms with Crippen LogP contribution in [0.3, 0.4) is 0 Å². The fourth-order valence-corrected chi connectivity index (χ4v) is 3.56. The van der Waals surface area contributed by atoms with Crippen LogP contribution < -0.4 is 0 Å². The lowest BCUT2D eigenvalue weighted by molar-refractivity contribution is -0.550. The number of rotatable bonds is 2. The van der Waals surface area contributed by atoms with Crippen LogP contribution in [-0.2, 0) is 4.74 Å². The van der Waals surface area contributed by atoms with Gasteiger partial charge in [-0.3, -0.25) is 10.1 Å². The zero-order valence-corrected chi connectivity index (χ0v) is 8.85. The molecule has 0 spiro atoms. The van der Waals surface area contributed by atoms with Gasteiger partial charge in [0.2, 0.25) is 0 Å². The summed E-state index contributed by atoms with van der Waals surface area (Å²) >= 11 is 0. The summed E-state index contributed by atoms with van der Waals surface area (Å²) < 4.78 is 5.68. The maximum atomic E-state index is 11.1. The van der Waals surface area contributed by atoms with Crippen molar-refractivity contribution in [3.63, 3.8) is 0 Å². The number of hydrogen-bond acceptors (Lipinski definition) is 3. The van der Waals surface area contributed by atoms with Gasteiger partial charge >= 0.3 is 0 Å². The van der Waals surface area contributed by atoms with E-state index in [1.54, 1.807) is 0 Å². The van der Waals surface area contributed by atoms with Gasteiger partial charge in [0, 0.05) is 11.3 Å². The molecule has 0 bridgehead atoms. The SMILES string of the molecule is O=[N+]([O-])[C@]12C[C@H]1CO[C@@H]2C1CCCCC1. The standard InChI is InChI=1S/C11H17NO3/c13-12(14)11-6-9(11)7-15-10(11)8-4-2-1-3-5-8/h8-10H,1-7H2/t9-,10+,11+/m0/s1. The minimum absolute atomic E-state index is 0.0516. The molecule has 2 saturated carbocycles. The Kier molecular flexibility index (Phi) is 2.03. The van der Waals surface area contributed by atoms with Crippen LogP contribution in [0.4, 0.5) is 0 Å². The molecule has 1 saturated heterocycles. The fraction of sp³-hybridized carbons (Fsp3) is 1.00. The topological polar surface area (TPSA) is 52.4 Å². The Morgan fingerprint density at radius 1 is 1.27 bits per heavy atom. The molecule has 84 valence electrons. The Morgan fingerprint density at radius 2 is 2.00 bits per heavy atom. The molecule has 0 aromatic rings. The van der Waals surface area contributed by atoms with Gasteiger partial charge in [-0.2, -0.15) is 0 Å². The van der Waals surface area contributed by atoms with Gasteiger partial charge in [-0.25, -0.2) is 0 Å². The number of hydrogen-bond donors (Lipinski definition) is 0. The molecule has 3 rings (SSSR count). The summed E-state index contributed by atoms with van der Waals surface area (Å²) in [5.41, 5.74) is -0.665. The second-order valence-electron chi connectivity index (χ2n) is 5.30. The third-order valence-corrected chi connectivity index (χ3v) is 4.51. The lowest BCUT2D eigenvalue weighted by Gasteiger charge is -2.29. The number of ether oxygens (including phenoxy) is 1. The zero-order valence-electron chi connectivity index (χ0n) is 8.85. The van der Waals surface area contributed by atoms with Crippen LogP contribution in [0.25, 0.3) is 0 Å². The lowest BCUT2D eigenvalue weighted by atomic mass is 9.82.